The zero-order chi connectivity index (χ0) is 44.3. The first-order valence-electron chi connectivity index (χ1n) is 20.8. The standard InChI is InChI=1S/C57H58N2O2/c1-13-33-58(34-14-2)47-26-29-50(52(60)39-47)43(31-32-56(7,8)9)22-23-44-19-18-20-45(55(44)49-28-21-42(17-5)37-41(49)6)24-25-46-38-54(57(10,11)12)61-53-40-48(27-30-51(46)53)59(35-15-3)36-16-4/h1-5,21-31,37-40,60H,18-20,32-36H2,6-12H3/b23-22+,43-31-,45-24+,46-25+. The number of fused-ring (bicyclic) bond motifs is 1. The van der Waals surface area contributed by atoms with Crippen molar-refractivity contribution < 1.29 is 9.84 Å². The van der Waals surface area contributed by atoms with Crippen LogP contribution in [0.3, 0.4) is 0 Å². The quantitative estimate of drug-likeness (QED) is 0.146. The Morgan fingerprint density at radius 3 is 1.97 bits per heavy atom. The van der Waals surface area contributed by atoms with E-state index < -0.39 is 0 Å². The highest BCUT2D eigenvalue weighted by Crippen LogP contribution is 2.44. The van der Waals surface area contributed by atoms with Gasteiger partial charge < -0.3 is 19.6 Å². The Labute approximate surface area is 366 Å². The molecule has 0 bridgehead atoms. The zero-order valence-electron chi connectivity index (χ0n) is 37.0. The van der Waals surface area contributed by atoms with Gasteiger partial charge in [0.2, 0.25) is 0 Å². The second-order valence-electron chi connectivity index (χ2n) is 17.8. The van der Waals surface area contributed by atoms with Gasteiger partial charge in [0.25, 0.3) is 0 Å². The van der Waals surface area contributed by atoms with Crippen molar-refractivity contribution in [2.24, 2.45) is 10.8 Å². The number of nitrogens with zero attached hydrogens (tertiary/aromatic N) is 2. The highest BCUT2D eigenvalue weighted by atomic mass is 16.5. The van der Waals surface area contributed by atoms with Crippen LogP contribution in [0.15, 0.2) is 108 Å². The van der Waals surface area contributed by atoms with Crippen molar-refractivity contribution in [3.05, 3.63) is 136 Å². The van der Waals surface area contributed by atoms with Gasteiger partial charge in [0.05, 0.1) is 26.2 Å². The molecule has 0 aromatic heterocycles. The minimum atomic E-state index is -0.239. The van der Waals surface area contributed by atoms with Gasteiger partial charge in [-0.3, -0.25) is 0 Å². The number of hydrogen-bond donors (Lipinski definition) is 1. The van der Waals surface area contributed by atoms with Gasteiger partial charge in [-0.05, 0) is 119 Å². The molecule has 0 atom stereocenters. The van der Waals surface area contributed by atoms with Crippen LogP contribution in [-0.2, 0) is 0 Å². The van der Waals surface area contributed by atoms with E-state index in [1.807, 2.05) is 34.1 Å². The van der Waals surface area contributed by atoms with E-state index in [9.17, 15) is 5.11 Å². The Morgan fingerprint density at radius 1 is 0.770 bits per heavy atom. The third-order valence-electron chi connectivity index (χ3n) is 10.7. The lowest BCUT2D eigenvalue weighted by Gasteiger charge is -2.30. The lowest BCUT2D eigenvalue weighted by atomic mass is 9.80. The predicted octanol–water partition coefficient (Wildman–Crippen LogP) is 12.2. The number of allylic oxidation sites excluding steroid dienone is 12. The fourth-order valence-corrected chi connectivity index (χ4v) is 7.49. The number of terminal acetylenes is 5. The van der Waals surface area contributed by atoms with E-state index >= 15 is 0 Å². The average molecular weight is 803 g/mol. The van der Waals surface area contributed by atoms with Crippen molar-refractivity contribution in [1.82, 2.24) is 0 Å². The molecule has 0 spiro atoms. The monoisotopic (exact) mass is 802 g/mol. The number of anilines is 2. The summed E-state index contributed by atoms with van der Waals surface area (Å²) in [6.45, 7) is 16.7. The van der Waals surface area contributed by atoms with Gasteiger partial charge in [0, 0.05) is 45.6 Å². The smallest absolute Gasteiger partial charge is 0.136 e. The van der Waals surface area contributed by atoms with E-state index in [1.54, 1.807) is 6.07 Å². The maximum atomic E-state index is 11.5. The third kappa shape index (κ3) is 11.4. The van der Waals surface area contributed by atoms with Crippen LogP contribution in [0.25, 0.3) is 16.7 Å². The maximum Gasteiger partial charge on any atom is 0.136 e. The van der Waals surface area contributed by atoms with Gasteiger partial charge in [0.15, 0.2) is 0 Å². The number of ether oxygens (including phenoxy) is 1. The Kier molecular flexibility index (Phi) is 14.7. The molecule has 3 aromatic carbocycles. The summed E-state index contributed by atoms with van der Waals surface area (Å²) in [6.07, 6.45) is 45.4. The van der Waals surface area contributed by atoms with E-state index in [4.69, 9.17) is 36.9 Å². The molecule has 2 aliphatic rings. The van der Waals surface area contributed by atoms with E-state index in [-0.39, 0.29) is 16.6 Å². The number of phenolic OH excluding ortho intramolecular Hbond substituents is 1. The maximum absolute atomic E-state index is 11.5. The first-order valence-corrected chi connectivity index (χ1v) is 20.8. The molecule has 0 radical (unpaired) electrons. The SMILES string of the molecule is C#CCN(CC#C)c1ccc(C(=C\CC(C)(C)C)/C=C/C2=C(c3ccc(C#C)cc3C)C(=C/C=C3\C=C(C(C)(C)C)Oc4cc(N(CC#C)CC#C)ccc43)/CCC2)c(O)c1. The molecule has 1 heterocycles. The molecule has 5 rings (SSSR count). The highest BCUT2D eigenvalue weighted by Gasteiger charge is 2.27. The molecule has 61 heavy (non-hydrogen) atoms. The molecule has 3 aromatic rings. The summed E-state index contributed by atoms with van der Waals surface area (Å²) >= 11 is 0. The number of phenols is 1. The summed E-state index contributed by atoms with van der Waals surface area (Å²) in [6, 6.07) is 18.1. The molecule has 308 valence electrons. The van der Waals surface area contributed by atoms with Crippen LogP contribution >= 0.6 is 0 Å². The van der Waals surface area contributed by atoms with Crippen LogP contribution in [0.1, 0.15) is 95.0 Å². The van der Waals surface area contributed by atoms with Crippen LogP contribution in [0.5, 0.6) is 11.5 Å². The molecular formula is C57H58N2O2. The number of aromatic hydroxyl groups is 1. The number of rotatable bonds is 12. The predicted molar refractivity (Wildman–Crippen MR) is 260 cm³/mol. The lowest BCUT2D eigenvalue weighted by molar-refractivity contribution is 0.291. The summed E-state index contributed by atoms with van der Waals surface area (Å²) in [5, 5.41) is 11.5. The van der Waals surface area contributed by atoms with Crippen LogP contribution in [-0.4, -0.2) is 31.3 Å². The average Bonchev–Trinajstić information content (AvgIpc) is 3.22. The summed E-state index contributed by atoms with van der Waals surface area (Å²) in [5.41, 5.74) is 11.9. The third-order valence-corrected chi connectivity index (χ3v) is 10.7. The first-order chi connectivity index (χ1) is 29.1. The summed E-state index contributed by atoms with van der Waals surface area (Å²) < 4.78 is 6.58. The summed E-state index contributed by atoms with van der Waals surface area (Å²) in [7, 11) is 0. The lowest BCUT2D eigenvalue weighted by Crippen LogP contribution is -2.24. The molecule has 4 nitrogen and oxygen atoms in total. The van der Waals surface area contributed by atoms with Crippen molar-refractivity contribution in [2.75, 3.05) is 36.0 Å². The summed E-state index contributed by atoms with van der Waals surface area (Å²) in [4.78, 5) is 3.88. The molecule has 0 saturated carbocycles. The molecule has 1 aliphatic heterocycles. The molecular weight excluding hydrogens is 745 g/mol. The molecule has 0 fully saturated rings. The number of benzene rings is 3. The van der Waals surface area contributed by atoms with Gasteiger partial charge in [-0.15, -0.1) is 32.1 Å². The van der Waals surface area contributed by atoms with E-state index in [0.717, 1.165) is 87.5 Å². The van der Waals surface area contributed by atoms with E-state index in [0.29, 0.717) is 26.2 Å². The van der Waals surface area contributed by atoms with Gasteiger partial charge in [-0.1, -0.05) is 108 Å². The van der Waals surface area contributed by atoms with Gasteiger partial charge in [0.1, 0.15) is 17.3 Å². The van der Waals surface area contributed by atoms with Crippen LogP contribution in [0.4, 0.5) is 11.4 Å². The molecule has 0 saturated heterocycles. The Bertz CT molecular complexity index is 2520. The largest absolute Gasteiger partial charge is 0.507 e. The highest BCUT2D eigenvalue weighted by molar-refractivity contribution is 5.89. The zero-order valence-corrected chi connectivity index (χ0v) is 37.0. The fraction of sp³-hybridized carbons (Fsp3) is 0.298. The molecule has 1 aliphatic carbocycles. The van der Waals surface area contributed by atoms with Crippen LogP contribution < -0.4 is 14.5 Å². The minimum absolute atomic E-state index is 0.0357. The van der Waals surface area contributed by atoms with Crippen molar-refractivity contribution in [3.8, 4) is 73.2 Å². The van der Waals surface area contributed by atoms with Crippen LogP contribution in [0, 0.1) is 79.5 Å². The second kappa shape index (κ2) is 19.9. The molecule has 0 amide bonds. The van der Waals surface area contributed by atoms with Crippen molar-refractivity contribution >= 4 is 28.1 Å². The second-order valence-corrected chi connectivity index (χ2v) is 17.8. The summed E-state index contributed by atoms with van der Waals surface area (Å²) in [5.74, 6) is 15.4. The molecule has 0 unspecified atom stereocenters. The van der Waals surface area contributed by atoms with E-state index in [1.165, 1.54) is 16.7 Å². The minimum Gasteiger partial charge on any atom is -0.507 e. The topological polar surface area (TPSA) is 35.9 Å². The molecule has 1 N–H and O–H groups in total. The number of aryl methyl sites for hydroxylation is 1. The Balaban J connectivity index is 1.68. The van der Waals surface area contributed by atoms with E-state index in [2.05, 4.69) is 139 Å². The van der Waals surface area contributed by atoms with Crippen molar-refractivity contribution in [2.45, 2.75) is 74.1 Å². The Morgan fingerprint density at radius 2 is 1.39 bits per heavy atom. The van der Waals surface area contributed by atoms with Crippen molar-refractivity contribution in [3.63, 3.8) is 0 Å². The first kappa shape index (κ1) is 45.2. The van der Waals surface area contributed by atoms with Crippen LogP contribution in [0.2, 0.25) is 0 Å². The number of hydrogen-bond acceptors (Lipinski definition) is 4. The van der Waals surface area contributed by atoms with Gasteiger partial charge >= 0.3 is 0 Å². The van der Waals surface area contributed by atoms with Gasteiger partial charge in [-0.2, -0.15) is 0 Å². The fourth-order valence-electron chi connectivity index (χ4n) is 7.49. The normalized spacial score (nSPS) is 15.5. The van der Waals surface area contributed by atoms with Gasteiger partial charge in [-0.25, -0.2) is 0 Å². The Hall–Kier alpha value is -6.90. The van der Waals surface area contributed by atoms with Crippen molar-refractivity contribution in [1.29, 1.82) is 0 Å². The molecule has 4 heteroatoms.